The zero-order chi connectivity index (χ0) is 18.8. The number of nitrogens with zero attached hydrogens (tertiary/aromatic N) is 3. The molecule has 0 aromatic carbocycles. The van der Waals surface area contributed by atoms with E-state index in [-0.39, 0.29) is 6.10 Å². The maximum atomic E-state index is 6.22. The van der Waals surface area contributed by atoms with Crippen LogP contribution in [-0.4, -0.2) is 40.7 Å². The third-order valence-corrected chi connectivity index (χ3v) is 5.60. The quantitative estimate of drug-likeness (QED) is 0.817. The molecule has 0 saturated carbocycles. The summed E-state index contributed by atoms with van der Waals surface area (Å²) in [6, 6.07) is 8.71. The van der Waals surface area contributed by atoms with Crippen molar-refractivity contribution < 1.29 is 9.47 Å². The lowest BCUT2D eigenvalue weighted by Gasteiger charge is -2.36. The van der Waals surface area contributed by atoms with Crippen molar-refractivity contribution in [3.8, 4) is 11.6 Å². The third kappa shape index (κ3) is 4.24. The van der Waals surface area contributed by atoms with Gasteiger partial charge < -0.3 is 9.47 Å². The molecule has 0 spiro atoms. The molecule has 0 N–H and O–H groups in total. The summed E-state index contributed by atoms with van der Waals surface area (Å²) in [5.74, 6) is 1.78. The monoisotopic (exact) mass is 367 g/mol. The number of pyridine rings is 2. The Kier molecular flexibility index (Phi) is 5.30. The minimum atomic E-state index is 0.273. The number of likely N-dealkylation sites (tertiary alicyclic amines) is 1. The fraction of sp³-hybridized carbons (Fsp3) is 0.545. The molecule has 5 nitrogen and oxygen atoms in total. The van der Waals surface area contributed by atoms with Crippen molar-refractivity contribution in [3.63, 3.8) is 0 Å². The van der Waals surface area contributed by atoms with E-state index in [1.807, 2.05) is 26.0 Å². The number of hydrogen-bond acceptors (Lipinski definition) is 5. The molecule has 1 fully saturated rings. The van der Waals surface area contributed by atoms with Crippen LogP contribution in [-0.2, 0) is 6.42 Å². The maximum Gasteiger partial charge on any atom is 0.216 e. The van der Waals surface area contributed by atoms with E-state index in [1.165, 1.54) is 5.56 Å². The molecule has 1 atom stereocenters. The molecule has 4 heterocycles. The smallest absolute Gasteiger partial charge is 0.216 e. The lowest BCUT2D eigenvalue weighted by Crippen LogP contribution is -2.39. The van der Waals surface area contributed by atoms with Crippen LogP contribution in [0.3, 0.4) is 0 Å². The average Bonchev–Trinajstić information content (AvgIpc) is 2.67. The molecule has 0 aliphatic carbocycles. The fourth-order valence-corrected chi connectivity index (χ4v) is 4.09. The van der Waals surface area contributed by atoms with Gasteiger partial charge in [0.25, 0.3) is 0 Å². The molecule has 2 aliphatic heterocycles. The van der Waals surface area contributed by atoms with E-state index < -0.39 is 0 Å². The Morgan fingerprint density at radius 2 is 1.85 bits per heavy atom. The number of aryl methyl sites for hydroxylation is 3. The molecular formula is C22H29N3O2. The lowest BCUT2D eigenvalue weighted by atomic mass is 10.0. The first-order valence-corrected chi connectivity index (χ1v) is 10.1. The summed E-state index contributed by atoms with van der Waals surface area (Å²) in [7, 11) is 0. The second-order valence-electron chi connectivity index (χ2n) is 7.77. The summed E-state index contributed by atoms with van der Waals surface area (Å²) in [6.45, 7) is 9.10. The van der Waals surface area contributed by atoms with E-state index in [4.69, 9.17) is 14.5 Å². The van der Waals surface area contributed by atoms with Gasteiger partial charge in [-0.05, 0) is 52.5 Å². The van der Waals surface area contributed by atoms with E-state index in [9.17, 15) is 0 Å². The van der Waals surface area contributed by atoms with Gasteiger partial charge in [0.2, 0.25) is 5.88 Å². The first kappa shape index (κ1) is 18.2. The van der Waals surface area contributed by atoms with E-state index in [0.29, 0.717) is 6.04 Å². The molecule has 2 aromatic heterocycles. The van der Waals surface area contributed by atoms with Crippen LogP contribution in [0.2, 0.25) is 0 Å². The summed E-state index contributed by atoms with van der Waals surface area (Å²) in [5, 5.41) is 0. The molecule has 4 rings (SSSR count). The Morgan fingerprint density at radius 1 is 1.11 bits per heavy atom. The minimum absolute atomic E-state index is 0.273. The number of aromatic nitrogens is 2. The molecule has 27 heavy (non-hydrogen) atoms. The predicted octanol–water partition coefficient (Wildman–Crippen LogP) is 4.02. The van der Waals surface area contributed by atoms with Crippen LogP contribution < -0.4 is 9.47 Å². The standard InChI is InChI=1S/C22H29N3O2/c1-15-13-20(14-16(2)23-15)27-19-8-10-25(11-9-19)17(3)21-7-6-18-5-4-12-26-22(18)24-21/h6-7,13-14,17,19H,4-5,8-12H2,1-3H3. The van der Waals surface area contributed by atoms with Crippen LogP contribution in [0.15, 0.2) is 24.3 Å². The highest BCUT2D eigenvalue weighted by Crippen LogP contribution is 2.29. The Bertz CT molecular complexity index is 780. The molecule has 0 radical (unpaired) electrons. The van der Waals surface area contributed by atoms with E-state index in [0.717, 1.165) is 74.1 Å². The van der Waals surface area contributed by atoms with Crippen molar-refractivity contribution in [1.82, 2.24) is 14.9 Å². The van der Waals surface area contributed by atoms with Gasteiger partial charge in [0, 0.05) is 48.2 Å². The summed E-state index contributed by atoms with van der Waals surface area (Å²) < 4.78 is 12.0. The van der Waals surface area contributed by atoms with Crippen molar-refractivity contribution in [3.05, 3.63) is 46.9 Å². The zero-order valence-electron chi connectivity index (χ0n) is 16.6. The van der Waals surface area contributed by atoms with Crippen LogP contribution in [0.1, 0.15) is 54.9 Å². The fourth-order valence-electron chi connectivity index (χ4n) is 4.09. The Labute approximate surface area is 161 Å². The van der Waals surface area contributed by atoms with Crippen molar-refractivity contribution in [1.29, 1.82) is 0 Å². The Balaban J connectivity index is 1.36. The molecule has 5 heteroatoms. The molecule has 0 bridgehead atoms. The minimum Gasteiger partial charge on any atom is -0.490 e. The van der Waals surface area contributed by atoms with Gasteiger partial charge in [0.15, 0.2) is 0 Å². The van der Waals surface area contributed by atoms with Crippen LogP contribution in [0.5, 0.6) is 11.6 Å². The van der Waals surface area contributed by atoms with Crippen LogP contribution in [0.25, 0.3) is 0 Å². The van der Waals surface area contributed by atoms with E-state index >= 15 is 0 Å². The zero-order valence-corrected chi connectivity index (χ0v) is 16.6. The van der Waals surface area contributed by atoms with Crippen molar-refractivity contribution >= 4 is 0 Å². The third-order valence-electron chi connectivity index (χ3n) is 5.60. The Hall–Kier alpha value is -2.14. The molecule has 2 aromatic rings. The summed E-state index contributed by atoms with van der Waals surface area (Å²) in [4.78, 5) is 11.7. The van der Waals surface area contributed by atoms with E-state index in [2.05, 4.69) is 28.9 Å². The number of hydrogen-bond donors (Lipinski definition) is 0. The topological polar surface area (TPSA) is 47.5 Å². The molecule has 144 valence electrons. The van der Waals surface area contributed by atoms with Gasteiger partial charge in [-0.3, -0.25) is 9.88 Å². The van der Waals surface area contributed by atoms with Gasteiger partial charge >= 0.3 is 0 Å². The SMILES string of the molecule is Cc1cc(OC2CCN(C(C)c3ccc4c(n3)OCCC4)CC2)cc(C)n1. The van der Waals surface area contributed by atoms with Gasteiger partial charge in [-0.1, -0.05) is 6.07 Å². The molecule has 1 unspecified atom stereocenters. The van der Waals surface area contributed by atoms with Gasteiger partial charge in [0.1, 0.15) is 11.9 Å². The van der Waals surface area contributed by atoms with Crippen LogP contribution in [0, 0.1) is 13.8 Å². The van der Waals surface area contributed by atoms with Crippen LogP contribution >= 0.6 is 0 Å². The Morgan fingerprint density at radius 3 is 2.59 bits per heavy atom. The normalized spacial score (nSPS) is 19.2. The van der Waals surface area contributed by atoms with Crippen molar-refractivity contribution in [2.24, 2.45) is 0 Å². The largest absolute Gasteiger partial charge is 0.490 e. The highest BCUT2D eigenvalue weighted by atomic mass is 16.5. The number of fused-ring (bicyclic) bond motifs is 1. The number of rotatable bonds is 4. The van der Waals surface area contributed by atoms with Gasteiger partial charge in [-0.2, -0.15) is 0 Å². The maximum absolute atomic E-state index is 6.22. The summed E-state index contributed by atoms with van der Waals surface area (Å²) in [5.41, 5.74) is 4.37. The first-order valence-electron chi connectivity index (χ1n) is 10.1. The van der Waals surface area contributed by atoms with Gasteiger partial charge in [-0.25, -0.2) is 4.98 Å². The molecule has 0 amide bonds. The summed E-state index contributed by atoms with van der Waals surface area (Å²) in [6.07, 6.45) is 4.51. The predicted molar refractivity (Wildman–Crippen MR) is 105 cm³/mol. The average molecular weight is 367 g/mol. The van der Waals surface area contributed by atoms with Crippen molar-refractivity contribution in [2.75, 3.05) is 19.7 Å². The van der Waals surface area contributed by atoms with Gasteiger partial charge in [-0.15, -0.1) is 0 Å². The van der Waals surface area contributed by atoms with Crippen LogP contribution in [0.4, 0.5) is 0 Å². The lowest BCUT2D eigenvalue weighted by molar-refractivity contribution is 0.0782. The second-order valence-corrected chi connectivity index (χ2v) is 7.77. The molecule has 1 saturated heterocycles. The molecular weight excluding hydrogens is 338 g/mol. The highest BCUT2D eigenvalue weighted by Gasteiger charge is 2.26. The summed E-state index contributed by atoms with van der Waals surface area (Å²) >= 11 is 0. The highest BCUT2D eigenvalue weighted by molar-refractivity contribution is 5.31. The second kappa shape index (κ2) is 7.85. The molecule has 2 aliphatic rings. The number of ether oxygens (including phenoxy) is 2. The first-order chi connectivity index (χ1) is 13.1. The number of piperidine rings is 1. The van der Waals surface area contributed by atoms with Crippen molar-refractivity contribution in [2.45, 2.75) is 58.6 Å². The van der Waals surface area contributed by atoms with E-state index in [1.54, 1.807) is 0 Å². The van der Waals surface area contributed by atoms with Gasteiger partial charge in [0.05, 0.1) is 12.3 Å².